The maximum atomic E-state index is 12.9. The van der Waals surface area contributed by atoms with Gasteiger partial charge in [0.25, 0.3) is 0 Å². The van der Waals surface area contributed by atoms with E-state index in [0.717, 1.165) is 12.1 Å². The first-order valence-corrected chi connectivity index (χ1v) is 9.63. The van der Waals surface area contributed by atoms with E-state index in [1.165, 1.54) is 26.4 Å². The number of alkyl halides is 3. The first-order valence-electron chi connectivity index (χ1n) is 9.63. The van der Waals surface area contributed by atoms with Crippen LogP contribution in [0.25, 0.3) is 6.08 Å². The predicted molar refractivity (Wildman–Crippen MR) is 115 cm³/mol. The molecule has 166 valence electrons. The van der Waals surface area contributed by atoms with Crippen LogP contribution < -0.4 is 14.2 Å². The van der Waals surface area contributed by atoms with Crippen LogP contribution in [-0.4, -0.2) is 20.0 Å². The SMILES string of the molecule is COc1cccc(C(=O)C=Cc2ccc(OCc3cccc(C(F)(F)F)c3)c(OC)c2)c1. The lowest BCUT2D eigenvalue weighted by Crippen LogP contribution is -2.06. The maximum Gasteiger partial charge on any atom is 0.416 e. The Labute approximate surface area is 183 Å². The zero-order valence-corrected chi connectivity index (χ0v) is 17.5. The van der Waals surface area contributed by atoms with Crippen molar-refractivity contribution < 1.29 is 32.2 Å². The molecule has 0 aliphatic carbocycles. The summed E-state index contributed by atoms with van der Waals surface area (Å²) in [5.41, 5.74) is 0.847. The fourth-order valence-electron chi connectivity index (χ4n) is 2.95. The minimum Gasteiger partial charge on any atom is -0.497 e. The third-order valence-electron chi connectivity index (χ3n) is 4.62. The molecule has 0 spiro atoms. The van der Waals surface area contributed by atoms with Crippen LogP contribution in [-0.2, 0) is 12.8 Å². The van der Waals surface area contributed by atoms with Gasteiger partial charge in [0.15, 0.2) is 17.3 Å². The first kappa shape index (κ1) is 22.9. The zero-order valence-electron chi connectivity index (χ0n) is 17.5. The van der Waals surface area contributed by atoms with Crippen LogP contribution in [0.5, 0.6) is 17.2 Å². The standard InChI is InChI=1S/C25H21F3O4/c1-30-21-8-4-6-19(15-21)22(29)11-9-17-10-12-23(24(14-17)31-2)32-16-18-5-3-7-20(13-18)25(26,27)28/h3-15H,16H2,1-2H3. The highest BCUT2D eigenvalue weighted by Gasteiger charge is 2.30. The number of ether oxygens (including phenoxy) is 3. The van der Waals surface area contributed by atoms with Gasteiger partial charge in [-0.05, 0) is 53.6 Å². The number of allylic oxidation sites excluding steroid dienone is 1. The van der Waals surface area contributed by atoms with Crippen LogP contribution in [0.1, 0.15) is 27.0 Å². The molecule has 7 heteroatoms. The summed E-state index contributed by atoms with van der Waals surface area (Å²) in [6.07, 6.45) is -1.34. The molecule has 3 aromatic carbocycles. The Morgan fingerprint density at radius 1 is 0.906 bits per heavy atom. The molecule has 0 aliphatic rings. The van der Waals surface area contributed by atoms with Crippen LogP contribution >= 0.6 is 0 Å². The summed E-state index contributed by atoms with van der Waals surface area (Å²) in [7, 11) is 2.99. The number of carbonyl (C=O) groups excluding carboxylic acids is 1. The topological polar surface area (TPSA) is 44.8 Å². The van der Waals surface area contributed by atoms with Crippen molar-refractivity contribution in [1.82, 2.24) is 0 Å². The van der Waals surface area contributed by atoms with Gasteiger partial charge < -0.3 is 14.2 Å². The van der Waals surface area contributed by atoms with Crippen molar-refractivity contribution in [2.75, 3.05) is 14.2 Å². The number of hydrogen-bond acceptors (Lipinski definition) is 4. The number of hydrogen-bond donors (Lipinski definition) is 0. The van der Waals surface area contributed by atoms with Crippen molar-refractivity contribution in [1.29, 1.82) is 0 Å². The molecular formula is C25H21F3O4. The smallest absolute Gasteiger partial charge is 0.416 e. The molecular weight excluding hydrogens is 421 g/mol. The highest BCUT2D eigenvalue weighted by Crippen LogP contribution is 2.31. The van der Waals surface area contributed by atoms with Gasteiger partial charge in [-0.1, -0.05) is 36.4 Å². The summed E-state index contributed by atoms with van der Waals surface area (Å²) >= 11 is 0. The summed E-state index contributed by atoms with van der Waals surface area (Å²) in [6.45, 7) is -0.0518. The van der Waals surface area contributed by atoms with Crippen molar-refractivity contribution in [3.05, 3.63) is 95.1 Å². The summed E-state index contributed by atoms with van der Waals surface area (Å²) in [4.78, 5) is 12.4. The van der Waals surface area contributed by atoms with Gasteiger partial charge in [0.2, 0.25) is 0 Å². The summed E-state index contributed by atoms with van der Waals surface area (Å²) in [5, 5.41) is 0. The van der Waals surface area contributed by atoms with E-state index in [0.29, 0.717) is 33.9 Å². The second-order valence-electron chi connectivity index (χ2n) is 6.83. The Balaban J connectivity index is 1.70. The minimum absolute atomic E-state index is 0.0518. The third kappa shape index (κ3) is 5.91. The zero-order chi connectivity index (χ0) is 23.1. The second-order valence-corrected chi connectivity index (χ2v) is 6.83. The molecule has 0 saturated carbocycles. The van der Waals surface area contributed by atoms with Gasteiger partial charge in [0.1, 0.15) is 12.4 Å². The minimum atomic E-state index is -4.41. The molecule has 0 amide bonds. The number of ketones is 1. The van der Waals surface area contributed by atoms with Crippen molar-refractivity contribution in [3.63, 3.8) is 0 Å². The largest absolute Gasteiger partial charge is 0.497 e. The molecule has 0 N–H and O–H groups in total. The van der Waals surface area contributed by atoms with Crippen LogP contribution in [0.4, 0.5) is 13.2 Å². The molecule has 0 saturated heterocycles. The third-order valence-corrected chi connectivity index (χ3v) is 4.62. The fourth-order valence-corrected chi connectivity index (χ4v) is 2.95. The Bertz CT molecular complexity index is 1120. The Kier molecular flexibility index (Phi) is 7.20. The van der Waals surface area contributed by atoms with Gasteiger partial charge in [-0.2, -0.15) is 13.2 Å². The molecule has 0 fully saturated rings. The van der Waals surface area contributed by atoms with Crippen molar-refractivity contribution >= 4 is 11.9 Å². The number of carbonyl (C=O) groups is 1. The van der Waals surface area contributed by atoms with Crippen LogP contribution in [0.3, 0.4) is 0 Å². The monoisotopic (exact) mass is 442 g/mol. The Morgan fingerprint density at radius 2 is 1.69 bits per heavy atom. The van der Waals surface area contributed by atoms with Gasteiger partial charge in [-0.25, -0.2) is 0 Å². The molecule has 0 aliphatic heterocycles. The molecule has 0 aromatic heterocycles. The van der Waals surface area contributed by atoms with E-state index in [-0.39, 0.29) is 12.4 Å². The van der Waals surface area contributed by atoms with E-state index < -0.39 is 11.7 Å². The normalized spacial score (nSPS) is 11.4. The molecule has 0 radical (unpaired) electrons. The Hall–Kier alpha value is -3.74. The van der Waals surface area contributed by atoms with Gasteiger partial charge in [0, 0.05) is 5.56 Å². The number of benzene rings is 3. The quantitative estimate of drug-likeness (QED) is 0.308. The molecule has 3 rings (SSSR count). The molecule has 0 heterocycles. The highest BCUT2D eigenvalue weighted by molar-refractivity contribution is 6.07. The van der Waals surface area contributed by atoms with Crippen LogP contribution in [0.2, 0.25) is 0 Å². The Morgan fingerprint density at radius 3 is 2.41 bits per heavy atom. The summed E-state index contributed by atoms with van der Waals surface area (Å²) in [5.74, 6) is 1.18. The van der Waals surface area contributed by atoms with E-state index in [4.69, 9.17) is 14.2 Å². The maximum absolute atomic E-state index is 12.9. The fraction of sp³-hybridized carbons (Fsp3) is 0.160. The molecule has 0 unspecified atom stereocenters. The lowest BCUT2D eigenvalue weighted by atomic mass is 10.1. The number of rotatable bonds is 8. The number of methoxy groups -OCH3 is 2. The van der Waals surface area contributed by atoms with Gasteiger partial charge in [-0.3, -0.25) is 4.79 Å². The van der Waals surface area contributed by atoms with E-state index in [2.05, 4.69) is 0 Å². The predicted octanol–water partition coefficient (Wildman–Crippen LogP) is 6.20. The molecule has 3 aromatic rings. The average molecular weight is 442 g/mol. The van der Waals surface area contributed by atoms with E-state index in [9.17, 15) is 18.0 Å². The van der Waals surface area contributed by atoms with Gasteiger partial charge in [0.05, 0.1) is 19.8 Å². The van der Waals surface area contributed by atoms with E-state index in [1.54, 1.807) is 54.6 Å². The lowest BCUT2D eigenvalue weighted by molar-refractivity contribution is -0.137. The molecule has 0 bridgehead atoms. The lowest BCUT2D eigenvalue weighted by Gasteiger charge is -2.13. The second kappa shape index (κ2) is 10.0. The number of halogens is 3. The molecule has 0 atom stereocenters. The van der Waals surface area contributed by atoms with Crippen molar-refractivity contribution in [3.8, 4) is 17.2 Å². The van der Waals surface area contributed by atoms with Crippen LogP contribution in [0, 0.1) is 0 Å². The summed E-state index contributed by atoms with van der Waals surface area (Å²) < 4.78 is 54.7. The molecule has 32 heavy (non-hydrogen) atoms. The van der Waals surface area contributed by atoms with Gasteiger partial charge >= 0.3 is 6.18 Å². The van der Waals surface area contributed by atoms with Gasteiger partial charge in [-0.15, -0.1) is 0 Å². The van der Waals surface area contributed by atoms with Crippen LogP contribution in [0.15, 0.2) is 72.8 Å². The van der Waals surface area contributed by atoms with E-state index >= 15 is 0 Å². The van der Waals surface area contributed by atoms with Crippen molar-refractivity contribution in [2.45, 2.75) is 12.8 Å². The van der Waals surface area contributed by atoms with E-state index in [1.807, 2.05) is 0 Å². The summed E-state index contributed by atoms with van der Waals surface area (Å²) in [6, 6.07) is 16.8. The van der Waals surface area contributed by atoms with Crippen molar-refractivity contribution in [2.24, 2.45) is 0 Å². The molecule has 4 nitrogen and oxygen atoms in total. The highest BCUT2D eigenvalue weighted by atomic mass is 19.4. The average Bonchev–Trinajstić information content (AvgIpc) is 2.81. The first-order chi connectivity index (χ1) is 15.3.